The lowest BCUT2D eigenvalue weighted by Crippen LogP contribution is -2.11. The standard InChI is InChI=1S/C12H8N2O6S/c15-12(7-9-2-1-5-21-9)20-11-4-3-8(13(16)17)6-10(11)14(18)19/h1-6H,7H2. The van der Waals surface area contributed by atoms with Gasteiger partial charge in [0.25, 0.3) is 5.69 Å². The van der Waals surface area contributed by atoms with Crippen molar-refractivity contribution in [2.24, 2.45) is 0 Å². The zero-order valence-corrected chi connectivity index (χ0v) is 11.2. The smallest absolute Gasteiger partial charge is 0.318 e. The second-order valence-electron chi connectivity index (χ2n) is 3.90. The van der Waals surface area contributed by atoms with Gasteiger partial charge in [-0.1, -0.05) is 6.07 Å². The van der Waals surface area contributed by atoms with Crippen LogP contribution in [-0.2, 0) is 11.2 Å². The van der Waals surface area contributed by atoms with Crippen molar-refractivity contribution in [3.63, 3.8) is 0 Å². The molecule has 0 amide bonds. The van der Waals surface area contributed by atoms with Gasteiger partial charge in [-0.3, -0.25) is 25.0 Å². The lowest BCUT2D eigenvalue weighted by molar-refractivity contribution is -0.394. The molecule has 9 heteroatoms. The van der Waals surface area contributed by atoms with Crippen molar-refractivity contribution in [1.82, 2.24) is 0 Å². The third-order valence-corrected chi connectivity index (χ3v) is 3.35. The van der Waals surface area contributed by atoms with Crippen LogP contribution in [0.3, 0.4) is 0 Å². The lowest BCUT2D eigenvalue weighted by Gasteiger charge is -2.04. The largest absolute Gasteiger partial charge is 0.419 e. The summed E-state index contributed by atoms with van der Waals surface area (Å²) in [5, 5.41) is 23.3. The van der Waals surface area contributed by atoms with Gasteiger partial charge in [0, 0.05) is 10.9 Å². The number of nitro benzene ring substituents is 2. The number of thiophene rings is 1. The third-order valence-electron chi connectivity index (χ3n) is 2.47. The maximum atomic E-state index is 11.7. The highest BCUT2D eigenvalue weighted by Crippen LogP contribution is 2.31. The van der Waals surface area contributed by atoms with Crippen LogP contribution in [0.5, 0.6) is 5.75 Å². The van der Waals surface area contributed by atoms with Crippen molar-refractivity contribution in [3.05, 3.63) is 60.8 Å². The highest BCUT2D eigenvalue weighted by Gasteiger charge is 2.22. The first-order chi connectivity index (χ1) is 9.97. The summed E-state index contributed by atoms with van der Waals surface area (Å²) in [6.07, 6.45) is -0.0220. The van der Waals surface area contributed by atoms with Crippen molar-refractivity contribution in [2.45, 2.75) is 6.42 Å². The molecule has 2 rings (SSSR count). The Morgan fingerprint density at radius 1 is 1.19 bits per heavy atom. The van der Waals surface area contributed by atoms with Crippen molar-refractivity contribution in [3.8, 4) is 5.75 Å². The number of carbonyl (C=O) groups is 1. The first-order valence-corrected chi connectivity index (χ1v) is 6.51. The first kappa shape index (κ1) is 14.6. The van der Waals surface area contributed by atoms with Gasteiger partial charge in [-0.15, -0.1) is 11.3 Å². The molecule has 0 aliphatic carbocycles. The summed E-state index contributed by atoms with van der Waals surface area (Å²) in [7, 11) is 0. The molecular formula is C12H8N2O6S. The summed E-state index contributed by atoms with van der Waals surface area (Å²) < 4.78 is 4.92. The van der Waals surface area contributed by atoms with Crippen LogP contribution < -0.4 is 4.74 Å². The van der Waals surface area contributed by atoms with E-state index in [1.165, 1.54) is 11.3 Å². The molecule has 0 bridgehead atoms. The predicted molar refractivity (Wildman–Crippen MR) is 73.4 cm³/mol. The van der Waals surface area contributed by atoms with E-state index in [9.17, 15) is 25.0 Å². The number of rotatable bonds is 5. The molecule has 0 atom stereocenters. The molecule has 0 aliphatic heterocycles. The Hall–Kier alpha value is -2.81. The summed E-state index contributed by atoms with van der Waals surface area (Å²) in [5.74, 6) is -0.985. The van der Waals surface area contributed by atoms with Crippen LogP contribution in [0.15, 0.2) is 35.7 Å². The fourth-order valence-electron chi connectivity index (χ4n) is 1.56. The normalized spacial score (nSPS) is 10.1. The second-order valence-corrected chi connectivity index (χ2v) is 4.93. The average molecular weight is 308 g/mol. The van der Waals surface area contributed by atoms with E-state index in [1.54, 1.807) is 17.5 Å². The van der Waals surface area contributed by atoms with E-state index in [0.29, 0.717) is 0 Å². The highest BCUT2D eigenvalue weighted by molar-refractivity contribution is 7.10. The minimum absolute atomic E-state index is 0.0220. The molecule has 0 radical (unpaired) electrons. The molecule has 1 aromatic heterocycles. The maximum absolute atomic E-state index is 11.7. The van der Waals surface area contributed by atoms with Gasteiger partial charge in [-0.25, -0.2) is 0 Å². The van der Waals surface area contributed by atoms with E-state index in [4.69, 9.17) is 4.74 Å². The van der Waals surface area contributed by atoms with Gasteiger partial charge >= 0.3 is 11.7 Å². The molecule has 0 saturated carbocycles. The van der Waals surface area contributed by atoms with Crippen LogP contribution in [0.2, 0.25) is 0 Å². The zero-order chi connectivity index (χ0) is 15.4. The van der Waals surface area contributed by atoms with Crippen LogP contribution in [0.4, 0.5) is 11.4 Å². The van der Waals surface area contributed by atoms with Gasteiger partial charge in [0.05, 0.1) is 22.3 Å². The molecule has 1 aromatic carbocycles. The van der Waals surface area contributed by atoms with E-state index >= 15 is 0 Å². The van der Waals surface area contributed by atoms with Crippen LogP contribution >= 0.6 is 11.3 Å². The van der Waals surface area contributed by atoms with Gasteiger partial charge in [-0.2, -0.15) is 0 Å². The average Bonchev–Trinajstić information content (AvgIpc) is 2.91. The van der Waals surface area contributed by atoms with E-state index in [0.717, 1.165) is 23.1 Å². The van der Waals surface area contributed by atoms with E-state index < -0.39 is 27.2 Å². The molecule has 1 heterocycles. The fraction of sp³-hybridized carbons (Fsp3) is 0.0833. The zero-order valence-electron chi connectivity index (χ0n) is 10.4. The molecule has 0 spiro atoms. The second kappa shape index (κ2) is 6.09. The van der Waals surface area contributed by atoms with Crippen LogP contribution in [0.25, 0.3) is 0 Å². The molecule has 0 fully saturated rings. The molecular weight excluding hydrogens is 300 g/mol. The topological polar surface area (TPSA) is 113 Å². The molecule has 21 heavy (non-hydrogen) atoms. The Bertz CT molecular complexity index is 698. The quantitative estimate of drug-likeness (QED) is 0.363. The number of nitrogens with zero attached hydrogens (tertiary/aromatic N) is 2. The minimum atomic E-state index is -0.833. The van der Waals surface area contributed by atoms with Crippen molar-refractivity contribution in [2.75, 3.05) is 0 Å². The Morgan fingerprint density at radius 3 is 2.52 bits per heavy atom. The molecule has 0 unspecified atom stereocenters. The van der Waals surface area contributed by atoms with Crippen molar-refractivity contribution in [1.29, 1.82) is 0 Å². The molecule has 0 N–H and O–H groups in total. The maximum Gasteiger partial charge on any atom is 0.318 e. The molecule has 2 aromatic rings. The Labute approximate surface area is 121 Å². The summed E-state index contributed by atoms with van der Waals surface area (Å²) in [6, 6.07) is 6.34. The van der Waals surface area contributed by atoms with Crippen molar-refractivity contribution >= 4 is 28.7 Å². The van der Waals surface area contributed by atoms with Crippen molar-refractivity contribution < 1.29 is 19.4 Å². The number of non-ortho nitro benzene ring substituents is 1. The lowest BCUT2D eigenvalue weighted by atomic mass is 10.2. The highest BCUT2D eigenvalue weighted by atomic mass is 32.1. The first-order valence-electron chi connectivity index (χ1n) is 5.63. The number of benzene rings is 1. The summed E-state index contributed by atoms with van der Waals surface area (Å²) >= 11 is 1.35. The summed E-state index contributed by atoms with van der Waals surface area (Å²) in [5.41, 5.74) is -1.07. The van der Waals surface area contributed by atoms with E-state index in [-0.39, 0.29) is 12.2 Å². The fourth-order valence-corrected chi connectivity index (χ4v) is 2.25. The SMILES string of the molecule is O=C(Cc1cccs1)Oc1ccc([N+](=O)[O-])cc1[N+](=O)[O-]. The molecule has 8 nitrogen and oxygen atoms in total. The number of hydrogen-bond donors (Lipinski definition) is 0. The minimum Gasteiger partial charge on any atom is -0.419 e. The Morgan fingerprint density at radius 2 is 1.95 bits per heavy atom. The number of hydrogen-bond acceptors (Lipinski definition) is 7. The number of ether oxygens (including phenoxy) is 1. The van der Waals surface area contributed by atoms with Crippen LogP contribution in [0.1, 0.15) is 4.88 Å². The van der Waals surface area contributed by atoms with Gasteiger partial charge in [0.2, 0.25) is 5.75 Å². The Balaban J connectivity index is 2.21. The van der Waals surface area contributed by atoms with E-state index in [1.807, 2.05) is 0 Å². The van der Waals surface area contributed by atoms with Gasteiger partial charge < -0.3 is 4.74 Å². The van der Waals surface area contributed by atoms with Gasteiger partial charge in [0.1, 0.15) is 0 Å². The van der Waals surface area contributed by atoms with Gasteiger partial charge in [-0.05, 0) is 17.5 Å². The molecule has 0 aliphatic rings. The third kappa shape index (κ3) is 3.60. The summed E-state index contributed by atoms with van der Waals surface area (Å²) in [6.45, 7) is 0. The summed E-state index contributed by atoms with van der Waals surface area (Å²) in [4.78, 5) is 32.3. The van der Waals surface area contributed by atoms with E-state index in [2.05, 4.69) is 0 Å². The Kier molecular flexibility index (Phi) is 4.24. The van der Waals surface area contributed by atoms with Gasteiger partial charge in [0.15, 0.2) is 0 Å². The monoisotopic (exact) mass is 308 g/mol. The number of carbonyl (C=O) groups excluding carboxylic acids is 1. The van der Waals surface area contributed by atoms with Crippen LogP contribution in [0, 0.1) is 20.2 Å². The number of nitro groups is 2. The number of esters is 1. The molecule has 0 saturated heterocycles. The molecule has 108 valence electrons. The van der Waals surface area contributed by atoms with Crippen LogP contribution in [-0.4, -0.2) is 15.8 Å². The predicted octanol–water partition coefficient (Wildman–Crippen LogP) is 2.71.